The number of aromatic amines is 2. The Kier molecular flexibility index (Phi) is 7.12. The van der Waals surface area contributed by atoms with Gasteiger partial charge in [-0.15, -0.1) is 11.3 Å². The fraction of sp³-hybridized carbons (Fsp3) is 0.259. The Labute approximate surface area is 222 Å². The number of amides is 1. The minimum atomic E-state index is -0.337. The van der Waals surface area contributed by atoms with Gasteiger partial charge in [0.2, 0.25) is 0 Å². The van der Waals surface area contributed by atoms with Crippen LogP contribution < -0.4 is 15.6 Å². The number of carbonyl (C=O) groups excluding carboxylic acids is 1. The van der Waals surface area contributed by atoms with Crippen LogP contribution in [0.1, 0.15) is 50.9 Å². The van der Waals surface area contributed by atoms with Crippen molar-refractivity contribution in [3.05, 3.63) is 91.7 Å². The molecule has 3 N–H and O–H groups in total. The Balaban J connectivity index is 1.53. The lowest BCUT2D eigenvalue weighted by Gasteiger charge is -2.21. The van der Waals surface area contributed by atoms with Crippen molar-refractivity contribution in [3.63, 3.8) is 0 Å². The van der Waals surface area contributed by atoms with E-state index < -0.39 is 0 Å². The standard InChI is InChI=1S/C27H28N6O4S/c1-15-11-23(36-4)20(27(35)31-15)13-29-26(34)19-12-22-18(21-5-7-30-32-21)6-9-33(22)25(16(19)2)17(3)37-14-24-28-8-10-38-24/h5-12,17H,13-14H2,1-4H3,(H,29,34)(H,30,32)(H,31,35). The number of carbonyl (C=O) groups is 1. The van der Waals surface area contributed by atoms with Crippen LogP contribution >= 0.6 is 11.3 Å². The summed E-state index contributed by atoms with van der Waals surface area (Å²) in [5.41, 5.74) is 5.41. The first-order valence-electron chi connectivity index (χ1n) is 12.1. The average molecular weight is 533 g/mol. The molecule has 5 aromatic heterocycles. The number of aryl methyl sites for hydroxylation is 1. The topological polar surface area (TPSA) is 126 Å². The molecule has 0 aliphatic rings. The van der Waals surface area contributed by atoms with E-state index >= 15 is 0 Å². The highest BCUT2D eigenvalue weighted by molar-refractivity contribution is 7.09. The third-order valence-electron chi connectivity index (χ3n) is 6.49. The van der Waals surface area contributed by atoms with Gasteiger partial charge in [-0.25, -0.2) is 4.98 Å². The molecule has 196 valence electrons. The monoisotopic (exact) mass is 532 g/mol. The Hall–Kier alpha value is -4.22. The summed E-state index contributed by atoms with van der Waals surface area (Å²) in [6.45, 7) is 6.02. The van der Waals surface area contributed by atoms with Crippen LogP contribution in [0.3, 0.4) is 0 Å². The maximum Gasteiger partial charge on any atom is 0.256 e. The van der Waals surface area contributed by atoms with Crippen LogP contribution in [0.5, 0.6) is 5.75 Å². The fourth-order valence-electron chi connectivity index (χ4n) is 4.63. The molecule has 0 saturated heterocycles. The van der Waals surface area contributed by atoms with Crippen LogP contribution in [0.2, 0.25) is 0 Å². The summed E-state index contributed by atoms with van der Waals surface area (Å²) in [5.74, 6) is 0.119. The number of thiazole rings is 1. The van der Waals surface area contributed by atoms with Crippen molar-refractivity contribution in [2.24, 2.45) is 0 Å². The van der Waals surface area contributed by atoms with Gasteiger partial charge in [-0.05, 0) is 50.6 Å². The van der Waals surface area contributed by atoms with Gasteiger partial charge in [-0.1, -0.05) is 0 Å². The first-order valence-corrected chi connectivity index (χ1v) is 12.9. The van der Waals surface area contributed by atoms with Crippen LogP contribution in [0.25, 0.3) is 16.8 Å². The summed E-state index contributed by atoms with van der Waals surface area (Å²) < 4.78 is 13.6. The fourth-order valence-corrected chi connectivity index (χ4v) is 5.17. The molecule has 0 radical (unpaired) electrons. The van der Waals surface area contributed by atoms with Crippen molar-refractivity contribution in [2.45, 2.75) is 40.0 Å². The van der Waals surface area contributed by atoms with Crippen molar-refractivity contribution in [2.75, 3.05) is 7.11 Å². The van der Waals surface area contributed by atoms with Gasteiger partial charge in [-0.2, -0.15) is 5.10 Å². The molecule has 1 atom stereocenters. The molecule has 11 heteroatoms. The van der Waals surface area contributed by atoms with Crippen molar-refractivity contribution < 1.29 is 14.3 Å². The molecule has 0 spiro atoms. The van der Waals surface area contributed by atoms with E-state index in [4.69, 9.17) is 9.47 Å². The zero-order chi connectivity index (χ0) is 26.8. The van der Waals surface area contributed by atoms with Crippen LogP contribution in [0, 0.1) is 13.8 Å². The van der Waals surface area contributed by atoms with Crippen LogP contribution in [0.4, 0.5) is 0 Å². The Morgan fingerprint density at radius 3 is 2.79 bits per heavy atom. The Morgan fingerprint density at radius 2 is 2.08 bits per heavy atom. The van der Waals surface area contributed by atoms with Gasteiger partial charge in [0, 0.05) is 40.8 Å². The maximum atomic E-state index is 13.6. The lowest BCUT2D eigenvalue weighted by atomic mass is 10.0. The van der Waals surface area contributed by atoms with E-state index in [-0.39, 0.29) is 24.1 Å². The third-order valence-corrected chi connectivity index (χ3v) is 7.24. The molecule has 38 heavy (non-hydrogen) atoms. The molecular formula is C27H28N6O4S. The molecule has 0 saturated carbocycles. The predicted molar refractivity (Wildman–Crippen MR) is 145 cm³/mol. The van der Waals surface area contributed by atoms with Crippen LogP contribution in [-0.4, -0.2) is 37.6 Å². The second kappa shape index (κ2) is 10.6. The third kappa shape index (κ3) is 4.85. The number of hydrogen-bond acceptors (Lipinski definition) is 7. The second-order valence-corrected chi connectivity index (χ2v) is 9.89. The summed E-state index contributed by atoms with van der Waals surface area (Å²) in [6.07, 6.45) is 5.07. The number of methoxy groups -OCH3 is 1. The van der Waals surface area contributed by atoms with E-state index in [0.29, 0.717) is 29.2 Å². The lowest BCUT2D eigenvalue weighted by Crippen LogP contribution is -2.28. The molecule has 1 amide bonds. The van der Waals surface area contributed by atoms with Crippen molar-refractivity contribution in [3.8, 4) is 17.0 Å². The highest BCUT2D eigenvalue weighted by Crippen LogP contribution is 2.32. The van der Waals surface area contributed by atoms with E-state index in [0.717, 1.165) is 33.0 Å². The minimum Gasteiger partial charge on any atom is -0.496 e. The lowest BCUT2D eigenvalue weighted by molar-refractivity contribution is 0.0484. The Morgan fingerprint density at radius 1 is 1.24 bits per heavy atom. The van der Waals surface area contributed by atoms with E-state index in [9.17, 15) is 9.59 Å². The number of nitrogens with one attached hydrogen (secondary N) is 3. The first-order chi connectivity index (χ1) is 18.4. The van der Waals surface area contributed by atoms with Crippen molar-refractivity contribution >= 4 is 22.8 Å². The number of rotatable bonds is 9. The molecule has 1 unspecified atom stereocenters. The second-order valence-electron chi connectivity index (χ2n) is 8.91. The first kappa shape index (κ1) is 25.4. The summed E-state index contributed by atoms with van der Waals surface area (Å²) >= 11 is 1.53. The van der Waals surface area contributed by atoms with Crippen LogP contribution in [-0.2, 0) is 17.9 Å². The molecule has 5 aromatic rings. The molecule has 0 aliphatic heterocycles. The molecule has 10 nitrogen and oxygen atoms in total. The van der Waals surface area contributed by atoms with E-state index in [2.05, 4.69) is 25.5 Å². The van der Waals surface area contributed by atoms with Gasteiger partial charge in [0.05, 0.1) is 48.8 Å². The largest absolute Gasteiger partial charge is 0.496 e. The molecular weight excluding hydrogens is 504 g/mol. The zero-order valence-corrected chi connectivity index (χ0v) is 22.3. The highest BCUT2D eigenvalue weighted by Gasteiger charge is 2.23. The number of H-pyrrole nitrogens is 2. The number of ether oxygens (including phenoxy) is 2. The summed E-state index contributed by atoms with van der Waals surface area (Å²) in [4.78, 5) is 33.2. The molecule has 0 fully saturated rings. The van der Waals surface area contributed by atoms with Gasteiger partial charge in [0.1, 0.15) is 10.8 Å². The van der Waals surface area contributed by atoms with Crippen molar-refractivity contribution in [1.29, 1.82) is 0 Å². The SMILES string of the molecule is COc1cc(C)[nH]c(=O)c1CNC(=O)c1cc2c(-c3ccn[nH]3)ccn2c(C(C)OCc2nccs2)c1C. The Bertz CT molecular complexity index is 1640. The average Bonchev–Trinajstić information content (AvgIpc) is 3.67. The number of nitrogens with zero attached hydrogens (tertiary/aromatic N) is 3. The highest BCUT2D eigenvalue weighted by atomic mass is 32.1. The van der Waals surface area contributed by atoms with Gasteiger partial charge < -0.3 is 24.2 Å². The number of pyridine rings is 2. The van der Waals surface area contributed by atoms with Gasteiger partial charge in [0.15, 0.2) is 0 Å². The molecule has 5 heterocycles. The summed E-state index contributed by atoms with van der Waals surface area (Å²) in [7, 11) is 1.50. The van der Waals surface area contributed by atoms with E-state index in [1.165, 1.54) is 18.4 Å². The zero-order valence-electron chi connectivity index (χ0n) is 21.5. The number of fused-ring (bicyclic) bond motifs is 1. The normalized spacial score (nSPS) is 12.1. The van der Waals surface area contributed by atoms with Crippen LogP contribution in [0.15, 0.2) is 53.0 Å². The van der Waals surface area contributed by atoms with Gasteiger partial charge in [0.25, 0.3) is 11.5 Å². The van der Waals surface area contributed by atoms with Gasteiger partial charge >= 0.3 is 0 Å². The smallest absolute Gasteiger partial charge is 0.256 e. The summed E-state index contributed by atoms with van der Waals surface area (Å²) in [5, 5.41) is 12.8. The van der Waals surface area contributed by atoms with E-state index in [1.54, 1.807) is 25.4 Å². The minimum absolute atomic E-state index is 0.0160. The van der Waals surface area contributed by atoms with E-state index in [1.807, 2.05) is 48.0 Å². The molecule has 0 aromatic carbocycles. The van der Waals surface area contributed by atoms with Gasteiger partial charge in [-0.3, -0.25) is 14.7 Å². The number of aromatic nitrogens is 5. The predicted octanol–water partition coefficient (Wildman–Crippen LogP) is 4.31. The molecule has 0 bridgehead atoms. The van der Waals surface area contributed by atoms with Crippen molar-refractivity contribution in [1.82, 2.24) is 29.9 Å². The molecule has 5 rings (SSSR count). The molecule has 0 aliphatic carbocycles. The maximum absolute atomic E-state index is 13.6. The summed E-state index contributed by atoms with van der Waals surface area (Å²) in [6, 6.07) is 7.45. The quantitative estimate of drug-likeness (QED) is 0.260. The number of hydrogen-bond donors (Lipinski definition) is 3.